The fraction of sp³-hybridized carbons (Fsp3) is 0.889. The second kappa shape index (κ2) is 6.23. The van der Waals surface area contributed by atoms with E-state index in [4.69, 9.17) is 4.74 Å². The van der Waals surface area contributed by atoms with Crippen molar-refractivity contribution in [3.05, 3.63) is 0 Å². The smallest absolute Gasteiger partial charge is 0.305 e. The molecule has 3 heteroatoms. The molecule has 0 saturated heterocycles. The Morgan fingerprint density at radius 1 is 1.42 bits per heavy atom. The molecule has 0 unspecified atom stereocenters. The summed E-state index contributed by atoms with van der Waals surface area (Å²) in [6.07, 6.45) is 0.622. The highest BCUT2D eigenvalue weighted by Crippen LogP contribution is 2.01. The average molecular weight is 188 g/mol. The maximum absolute atomic E-state index is 11.1. The number of hydrogen-bond acceptors (Lipinski definition) is 2. The van der Waals surface area contributed by atoms with Gasteiger partial charge in [0.25, 0.3) is 0 Å². The molecule has 0 bridgehead atoms. The Hall–Kier alpha value is -0.313. The zero-order valence-corrected chi connectivity index (χ0v) is 9.75. The van der Waals surface area contributed by atoms with Gasteiger partial charge in [0, 0.05) is 15.2 Å². The molecule has 0 aromatic rings. The van der Waals surface area contributed by atoms with Crippen LogP contribution in [0.5, 0.6) is 0 Å². The van der Waals surface area contributed by atoms with Crippen molar-refractivity contribution in [1.29, 1.82) is 0 Å². The molecule has 72 valence electrons. The average Bonchev–Trinajstić information content (AvgIpc) is 1.96. The minimum Gasteiger partial charge on any atom is -0.465 e. The van der Waals surface area contributed by atoms with Crippen molar-refractivity contribution in [2.24, 2.45) is 5.92 Å². The monoisotopic (exact) mass is 188 g/mol. The largest absolute Gasteiger partial charge is 0.465 e. The van der Waals surface area contributed by atoms with Gasteiger partial charge in [-0.2, -0.15) is 0 Å². The van der Waals surface area contributed by atoms with Crippen molar-refractivity contribution in [2.75, 3.05) is 6.61 Å². The van der Waals surface area contributed by atoms with E-state index in [1.165, 1.54) is 0 Å². The van der Waals surface area contributed by atoms with E-state index in [1.807, 2.05) is 13.8 Å². The number of carbonyl (C=O) groups excluding carboxylic acids is 1. The van der Waals surface area contributed by atoms with Gasteiger partial charge < -0.3 is 4.74 Å². The molecule has 12 heavy (non-hydrogen) atoms. The third-order valence-corrected chi connectivity index (χ3v) is 2.95. The van der Waals surface area contributed by atoms with Crippen molar-refractivity contribution in [2.45, 2.75) is 39.4 Å². The number of esters is 1. The summed E-state index contributed by atoms with van der Waals surface area (Å²) < 4.78 is 5.04. The number of rotatable bonds is 5. The van der Waals surface area contributed by atoms with E-state index in [0.717, 1.165) is 6.04 Å². The molecule has 0 fully saturated rings. The fourth-order valence-electron chi connectivity index (χ4n) is 0.738. The van der Waals surface area contributed by atoms with Crippen LogP contribution in [0.4, 0.5) is 0 Å². The normalized spacial score (nSPS) is 10.8. The molecule has 0 amide bonds. The maximum atomic E-state index is 11.1. The molecule has 0 radical (unpaired) electrons. The Morgan fingerprint density at radius 3 is 2.42 bits per heavy atom. The Labute approximate surface area is 76.9 Å². The van der Waals surface area contributed by atoms with Crippen LogP contribution in [0.1, 0.15) is 20.3 Å². The van der Waals surface area contributed by atoms with Gasteiger partial charge in [0.1, 0.15) is 0 Å². The minimum atomic E-state index is -0.577. The lowest BCUT2D eigenvalue weighted by Gasteiger charge is -2.07. The van der Waals surface area contributed by atoms with Gasteiger partial charge in [0.2, 0.25) is 0 Å². The van der Waals surface area contributed by atoms with Gasteiger partial charge in [-0.15, -0.1) is 0 Å². The van der Waals surface area contributed by atoms with E-state index in [-0.39, 0.29) is 5.97 Å². The van der Waals surface area contributed by atoms with Crippen LogP contribution in [0.15, 0.2) is 0 Å². The van der Waals surface area contributed by atoms with E-state index in [2.05, 4.69) is 13.1 Å². The Balaban J connectivity index is 3.34. The maximum Gasteiger partial charge on any atom is 0.305 e. The van der Waals surface area contributed by atoms with Gasteiger partial charge in [-0.3, -0.25) is 4.79 Å². The van der Waals surface area contributed by atoms with Gasteiger partial charge in [0.15, 0.2) is 0 Å². The number of carbonyl (C=O) groups is 1. The SMILES string of the molecule is CC(C)COC(=O)CC[SiH](C)C. The van der Waals surface area contributed by atoms with Crippen molar-refractivity contribution >= 4 is 14.8 Å². The summed E-state index contributed by atoms with van der Waals surface area (Å²) in [7, 11) is -0.577. The Kier molecular flexibility index (Phi) is 6.07. The van der Waals surface area contributed by atoms with Gasteiger partial charge in [-0.1, -0.05) is 26.9 Å². The van der Waals surface area contributed by atoms with Gasteiger partial charge in [-0.25, -0.2) is 0 Å². The van der Waals surface area contributed by atoms with Crippen LogP contribution < -0.4 is 0 Å². The van der Waals surface area contributed by atoms with E-state index in [1.54, 1.807) is 0 Å². The van der Waals surface area contributed by atoms with Crippen LogP contribution in [-0.2, 0) is 9.53 Å². The first kappa shape index (κ1) is 11.7. The van der Waals surface area contributed by atoms with Crippen molar-refractivity contribution in [3.8, 4) is 0 Å². The molecular formula is C9H20O2Si. The summed E-state index contributed by atoms with van der Waals surface area (Å²) in [5.41, 5.74) is 0. The number of ether oxygens (including phenoxy) is 1. The van der Waals surface area contributed by atoms with Crippen LogP contribution >= 0.6 is 0 Å². The highest BCUT2D eigenvalue weighted by Gasteiger charge is 2.05. The first-order valence-electron chi connectivity index (χ1n) is 4.68. The van der Waals surface area contributed by atoms with Crippen LogP contribution in [-0.4, -0.2) is 21.4 Å². The molecule has 0 atom stereocenters. The third-order valence-electron chi connectivity index (χ3n) is 1.50. The van der Waals surface area contributed by atoms with Gasteiger partial charge >= 0.3 is 5.97 Å². The van der Waals surface area contributed by atoms with Crippen LogP contribution in [0, 0.1) is 5.92 Å². The van der Waals surface area contributed by atoms with Gasteiger partial charge in [-0.05, 0) is 12.0 Å². The number of hydrogen-bond donors (Lipinski definition) is 0. The molecule has 0 heterocycles. The molecule has 2 nitrogen and oxygen atoms in total. The predicted molar refractivity (Wildman–Crippen MR) is 54.1 cm³/mol. The third kappa shape index (κ3) is 7.79. The molecule has 0 rings (SSSR count). The fourth-order valence-corrected chi connectivity index (χ4v) is 1.55. The summed E-state index contributed by atoms with van der Waals surface area (Å²) in [6, 6.07) is 1.07. The van der Waals surface area contributed by atoms with Crippen molar-refractivity contribution in [3.63, 3.8) is 0 Å². The second-order valence-electron chi connectivity index (χ2n) is 4.01. The van der Waals surface area contributed by atoms with E-state index in [9.17, 15) is 4.79 Å². The Morgan fingerprint density at radius 2 is 2.00 bits per heavy atom. The molecule has 0 aromatic heterocycles. The van der Waals surface area contributed by atoms with E-state index >= 15 is 0 Å². The lowest BCUT2D eigenvalue weighted by atomic mass is 10.2. The van der Waals surface area contributed by atoms with Gasteiger partial charge in [0.05, 0.1) is 6.61 Å². The zero-order valence-electron chi connectivity index (χ0n) is 8.59. The molecular weight excluding hydrogens is 168 g/mol. The minimum absolute atomic E-state index is 0.0232. The molecule has 0 aliphatic heterocycles. The lowest BCUT2D eigenvalue weighted by Crippen LogP contribution is -2.11. The molecule has 0 saturated carbocycles. The molecule has 0 aromatic carbocycles. The summed E-state index contributed by atoms with van der Waals surface area (Å²) in [5, 5.41) is 0. The van der Waals surface area contributed by atoms with Crippen LogP contribution in [0.2, 0.25) is 19.1 Å². The van der Waals surface area contributed by atoms with Crippen molar-refractivity contribution < 1.29 is 9.53 Å². The standard InChI is InChI=1S/C9H20O2Si/c1-8(2)7-11-9(10)5-6-12(3)4/h8,12H,5-7H2,1-4H3. The van der Waals surface area contributed by atoms with Crippen molar-refractivity contribution in [1.82, 2.24) is 0 Å². The molecule has 0 aliphatic rings. The second-order valence-corrected chi connectivity index (χ2v) is 7.37. The lowest BCUT2D eigenvalue weighted by molar-refractivity contribution is -0.144. The predicted octanol–water partition coefficient (Wildman–Crippen LogP) is 2.06. The summed E-state index contributed by atoms with van der Waals surface area (Å²) in [4.78, 5) is 11.1. The summed E-state index contributed by atoms with van der Waals surface area (Å²) in [5.74, 6) is 0.426. The molecule has 0 N–H and O–H groups in total. The van der Waals surface area contributed by atoms with Crippen LogP contribution in [0.25, 0.3) is 0 Å². The first-order chi connectivity index (χ1) is 5.52. The highest BCUT2D eigenvalue weighted by atomic mass is 28.3. The molecule has 0 spiro atoms. The van der Waals surface area contributed by atoms with E-state index in [0.29, 0.717) is 18.9 Å². The quantitative estimate of drug-likeness (QED) is 0.487. The first-order valence-corrected chi connectivity index (χ1v) is 7.80. The zero-order chi connectivity index (χ0) is 9.56. The summed E-state index contributed by atoms with van der Waals surface area (Å²) in [6.45, 7) is 9.15. The molecule has 0 aliphatic carbocycles. The Bertz CT molecular complexity index is 118. The highest BCUT2D eigenvalue weighted by molar-refractivity contribution is 6.55. The van der Waals surface area contributed by atoms with Crippen LogP contribution in [0.3, 0.4) is 0 Å². The van der Waals surface area contributed by atoms with E-state index < -0.39 is 8.80 Å². The topological polar surface area (TPSA) is 26.3 Å². The summed E-state index contributed by atoms with van der Waals surface area (Å²) >= 11 is 0.